The molecule has 0 radical (unpaired) electrons. The van der Waals surface area contributed by atoms with Gasteiger partial charge in [0.15, 0.2) is 0 Å². The molecule has 1 aromatic heterocycles. The summed E-state index contributed by atoms with van der Waals surface area (Å²) in [5, 5.41) is 3.92. The standard InChI is InChI=1S/C31H33NO4/c1-5-7-8-22-9-13-24(14-10-22)32-31(33)17-21(3)26-18-27-28(23-11-15-25(34-4)16-12-23)20-36-30(27)19-29(26)35-6-2/h9-20H,5-8H2,1-4H3,(H,32,33)/b21-17+. The van der Waals surface area contributed by atoms with Crippen LogP contribution in [0.2, 0.25) is 0 Å². The van der Waals surface area contributed by atoms with Crippen LogP contribution in [0.3, 0.4) is 0 Å². The van der Waals surface area contributed by atoms with Crippen LogP contribution in [0.15, 0.2) is 77.4 Å². The first kappa shape index (κ1) is 25.1. The normalized spacial score (nSPS) is 11.5. The van der Waals surface area contributed by atoms with Gasteiger partial charge in [-0.3, -0.25) is 4.79 Å². The molecule has 0 bridgehead atoms. The molecule has 1 heterocycles. The molecule has 0 aliphatic carbocycles. The molecule has 186 valence electrons. The fraction of sp³-hybridized carbons (Fsp3) is 0.258. The van der Waals surface area contributed by atoms with Crippen molar-refractivity contribution in [2.45, 2.75) is 40.0 Å². The van der Waals surface area contributed by atoms with E-state index in [4.69, 9.17) is 13.9 Å². The molecule has 0 saturated heterocycles. The predicted octanol–water partition coefficient (Wildman–Crippen LogP) is 7.89. The Morgan fingerprint density at radius 1 is 1.03 bits per heavy atom. The molecule has 5 heteroatoms. The molecule has 0 spiro atoms. The van der Waals surface area contributed by atoms with Crippen molar-refractivity contribution < 1.29 is 18.7 Å². The number of hydrogen-bond acceptors (Lipinski definition) is 4. The Hall–Kier alpha value is -3.99. The monoisotopic (exact) mass is 483 g/mol. The molecule has 0 atom stereocenters. The van der Waals surface area contributed by atoms with E-state index < -0.39 is 0 Å². The van der Waals surface area contributed by atoms with Crippen molar-refractivity contribution in [2.75, 3.05) is 19.0 Å². The Labute approximate surface area is 212 Å². The second kappa shape index (κ2) is 11.6. The van der Waals surface area contributed by atoms with Gasteiger partial charge >= 0.3 is 0 Å². The summed E-state index contributed by atoms with van der Waals surface area (Å²) in [6, 6.07) is 19.8. The van der Waals surface area contributed by atoms with Crippen LogP contribution in [0, 0.1) is 0 Å². The summed E-state index contributed by atoms with van der Waals surface area (Å²) in [7, 11) is 1.65. The third kappa shape index (κ3) is 5.80. The van der Waals surface area contributed by atoms with Gasteiger partial charge in [-0.2, -0.15) is 0 Å². The molecule has 0 unspecified atom stereocenters. The smallest absolute Gasteiger partial charge is 0.248 e. The number of anilines is 1. The minimum atomic E-state index is -0.182. The van der Waals surface area contributed by atoms with Crippen molar-refractivity contribution >= 4 is 28.1 Å². The number of unbranched alkanes of at least 4 members (excludes halogenated alkanes) is 1. The zero-order valence-electron chi connectivity index (χ0n) is 21.4. The number of ether oxygens (including phenoxy) is 2. The molecule has 36 heavy (non-hydrogen) atoms. The average molecular weight is 484 g/mol. The molecule has 0 aliphatic heterocycles. The number of benzene rings is 3. The number of nitrogens with one attached hydrogen (secondary N) is 1. The van der Waals surface area contributed by atoms with Crippen molar-refractivity contribution in [3.63, 3.8) is 0 Å². The van der Waals surface area contributed by atoms with Gasteiger partial charge in [-0.05, 0) is 73.7 Å². The van der Waals surface area contributed by atoms with Crippen LogP contribution < -0.4 is 14.8 Å². The summed E-state index contributed by atoms with van der Waals surface area (Å²) in [4.78, 5) is 12.8. The van der Waals surface area contributed by atoms with E-state index in [1.165, 1.54) is 12.0 Å². The van der Waals surface area contributed by atoms with E-state index in [2.05, 4.69) is 24.4 Å². The van der Waals surface area contributed by atoms with Gasteiger partial charge in [0, 0.05) is 34.3 Å². The number of aryl methyl sites for hydroxylation is 1. The predicted molar refractivity (Wildman–Crippen MR) is 147 cm³/mol. The zero-order valence-corrected chi connectivity index (χ0v) is 21.4. The van der Waals surface area contributed by atoms with Gasteiger partial charge in [0.1, 0.15) is 17.1 Å². The van der Waals surface area contributed by atoms with E-state index in [9.17, 15) is 4.79 Å². The van der Waals surface area contributed by atoms with E-state index in [1.54, 1.807) is 19.4 Å². The van der Waals surface area contributed by atoms with Crippen molar-refractivity contribution in [2.24, 2.45) is 0 Å². The zero-order chi connectivity index (χ0) is 25.5. The van der Waals surface area contributed by atoms with Gasteiger partial charge in [-0.25, -0.2) is 0 Å². The van der Waals surface area contributed by atoms with Gasteiger partial charge in [0.25, 0.3) is 0 Å². The lowest BCUT2D eigenvalue weighted by Crippen LogP contribution is -2.08. The van der Waals surface area contributed by atoms with Crippen LogP contribution in [0.25, 0.3) is 27.7 Å². The first-order valence-electron chi connectivity index (χ1n) is 12.4. The van der Waals surface area contributed by atoms with Crippen LogP contribution >= 0.6 is 0 Å². The minimum absolute atomic E-state index is 0.182. The maximum Gasteiger partial charge on any atom is 0.248 e. The molecular formula is C31H33NO4. The number of rotatable bonds is 10. The summed E-state index contributed by atoms with van der Waals surface area (Å²) in [5.74, 6) is 1.30. The fourth-order valence-electron chi connectivity index (χ4n) is 4.22. The maximum atomic E-state index is 12.8. The molecule has 0 saturated carbocycles. The lowest BCUT2D eigenvalue weighted by Gasteiger charge is -2.12. The largest absolute Gasteiger partial charge is 0.497 e. The van der Waals surface area contributed by atoms with Crippen molar-refractivity contribution in [1.29, 1.82) is 0 Å². The fourth-order valence-corrected chi connectivity index (χ4v) is 4.22. The van der Waals surface area contributed by atoms with Crippen LogP contribution in [-0.2, 0) is 11.2 Å². The number of fused-ring (bicyclic) bond motifs is 1. The number of carbonyl (C=O) groups is 1. The molecule has 5 nitrogen and oxygen atoms in total. The highest BCUT2D eigenvalue weighted by atomic mass is 16.5. The molecular weight excluding hydrogens is 450 g/mol. The van der Waals surface area contributed by atoms with Crippen LogP contribution in [0.4, 0.5) is 5.69 Å². The SMILES string of the molecule is CCCCc1ccc(NC(=O)/C=C(\C)c2cc3c(-c4ccc(OC)cc4)coc3cc2OCC)cc1. The Morgan fingerprint density at radius 2 is 1.78 bits per heavy atom. The molecule has 1 amide bonds. The van der Waals surface area contributed by atoms with Gasteiger partial charge in [0.05, 0.1) is 20.0 Å². The number of methoxy groups -OCH3 is 1. The summed E-state index contributed by atoms with van der Waals surface area (Å²) < 4.78 is 17.1. The molecule has 3 aromatic carbocycles. The lowest BCUT2D eigenvalue weighted by atomic mass is 9.99. The molecule has 4 aromatic rings. The Bertz CT molecular complexity index is 1350. The van der Waals surface area contributed by atoms with E-state index in [1.807, 2.05) is 62.4 Å². The third-order valence-corrected chi connectivity index (χ3v) is 6.19. The van der Waals surface area contributed by atoms with E-state index in [0.717, 1.165) is 57.5 Å². The third-order valence-electron chi connectivity index (χ3n) is 6.19. The highest BCUT2D eigenvalue weighted by Crippen LogP contribution is 2.38. The van der Waals surface area contributed by atoms with E-state index >= 15 is 0 Å². The average Bonchev–Trinajstić information content (AvgIpc) is 3.30. The number of furan rings is 1. The molecule has 0 fully saturated rings. The second-order valence-electron chi connectivity index (χ2n) is 8.77. The number of allylic oxidation sites excluding steroid dienone is 1. The van der Waals surface area contributed by atoms with Gasteiger partial charge in [-0.15, -0.1) is 0 Å². The van der Waals surface area contributed by atoms with E-state index in [-0.39, 0.29) is 5.91 Å². The van der Waals surface area contributed by atoms with Crippen LogP contribution in [0.5, 0.6) is 11.5 Å². The van der Waals surface area contributed by atoms with Gasteiger partial charge in [-0.1, -0.05) is 37.6 Å². The summed E-state index contributed by atoms with van der Waals surface area (Å²) in [6.45, 7) is 6.55. The topological polar surface area (TPSA) is 60.7 Å². The van der Waals surface area contributed by atoms with Gasteiger partial charge < -0.3 is 19.2 Å². The quantitative estimate of drug-likeness (QED) is 0.233. The molecule has 4 rings (SSSR count). The lowest BCUT2D eigenvalue weighted by molar-refractivity contribution is -0.111. The molecule has 1 N–H and O–H groups in total. The van der Waals surface area contributed by atoms with Gasteiger partial charge in [0.2, 0.25) is 5.91 Å². The van der Waals surface area contributed by atoms with Crippen molar-refractivity contribution in [3.8, 4) is 22.6 Å². The summed E-state index contributed by atoms with van der Waals surface area (Å²) in [5.41, 5.74) is 6.44. The summed E-state index contributed by atoms with van der Waals surface area (Å²) >= 11 is 0. The minimum Gasteiger partial charge on any atom is -0.497 e. The Kier molecular flexibility index (Phi) is 8.11. The molecule has 0 aliphatic rings. The maximum absolute atomic E-state index is 12.8. The van der Waals surface area contributed by atoms with Crippen LogP contribution in [0.1, 0.15) is 44.7 Å². The highest BCUT2D eigenvalue weighted by Gasteiger charge is 2.15. The van der Waals surface area contributed by atoms with E-state index in [0.29, 0.717) is 12.4 Å². The number of carbonyl (C=O) groups excluding carboxylic acids is 1. The van der Waals surface area contributed by atoms with Crippen LogP contribution in [-0.4, -0.2) is 19.6 Å². The number of hydrogen-bond donors (Lipinski definition) is 1. The highest BCUT2D eigenvalue weighted by molar-refractivity contribution is 6.05. The second-order valence-corrected chi connectivity index (χ2v) is 8.77. The first-order valence-corrected chi connectivity index (χ1v) is 12.4. The number of amides is 1. The summed E-state index contributed by atoms with van der Waals surface area (Å²) in [6.07, 6.45) is 6.75. The van der Waals surface area contributed by atoms with Crippen molar-refractivity contribution in [1.82, 2.24) is 0 Å². The Balaban J connectivity index is 1.62. The first-order chi connectivity index (χ1) is 17.5. The Morgan fingerprint density at radius 3 is 2.44 bits per heavy atom. The van der Waals surface area contributed by atoms with Crippen molar-refractivity contribution in [3.05, 3.63) is 84.1 Å².